The van der Waals surface area contributed by atoms with Gasteiger partial charge in [-0.1, -0.05) is 6.07 Å². The molecule has 0 saturated carbocycles. The molecular formula is C29H31FN4O9. The normalized spacial score (nSPS) is 19.3. The molecule has 3 aliphatic heterocycles. The number of hydrogen-bond acceptors (Lipinski definition) is 8. The topological polar surface area (TPSA) is 155 Å². The number of esters is 1. The number of fused-ring (bicyclic) bond motifs is 1. The van der Waals surface area contributed by atoms with Crippen LogP contribution in [0.3, 0.4) is 0 Å². The summed E-state index contributed by atoms with van der Waals surface area (Å²) in [4.78, 5) is 67.3. The molecule has 0 radical (unpaired) electrons. The molecule has 0 aromatic heterocycles. The fourth-order valence-electron chi connectivity index (χ4n) is 5.30. The maximum atomic E-state index is 14.7. The summed E-state index contributed by atoms with van der Waals surface area (Å²) in [5.41, 5.74) is 2.05. The van der Waals surface area contributed by atoms with Crippen molar-refractivity contribution in [3.63, 3.8) is 0 Å². The predicted octanol–water partition coefficient (Wildman–Crippen LogP) is 1.64. The van der Waals surface area contributed by atoms with Gasteiger partial charge in [0.1, 0.15) is 5.82 Å². The first kappa shape index (κ1) is 29.9. The molecule has 2 N–H and O–H groups in total. The average Bonchev–Trinajstić information content (AvgIpc) is 3.00. The third kappa shape index (κ3) is 6.60. The Morgan fingerprint density at radius 3 is 2.49 bits per heavy atom. The van der Waals surface area contributed by atoms with Crippen LogP contribution in [0.5, 0.6) is 0 Å². The third-order valence-corrected chi connectivity index (χ3v) is 7.49. The molecule has 3 aliphatic rings. The highest BCUT2D eigenvalue weighted by Gasteiger charge is 2.43. The van der Waals surface area contributed by atoms with Gasteiger partial charge in [0.15, 0.2) is 6.10 Å². The van der Waals surface area contributed by atoms with Gasteiger partial charge in [0.2, 0.25) is 6.10 Å². The first-order valence-corrected chi connectivity index (χ1v) is 13.8. The number of hydrogen-bond donors (Lipinski definition) is 2. The maximum absolute atomic E-state index is 14.7. The summed E-state index contributed by atoms with van der Waals surface area (Å²) in [6, 6.07) is 8.74. The summed E-state index contributed by atoms with van der Waals surface area (Å²) in [6.45, 7) is 2.95. The van der Waals surface area contributed by atoms with Crippen molar-refractivity contribution in [2.75, 3.05) is 56.2 Å². The van der Waals surface area contributed by atoms with Gasteiger partial charge < -0.3 is 39.3 Å². The molecule has 2 atom stereocenters. The Morgan fingerprint density at radius 2 is 1.77 bits per heavy atom. The lowest BCUT2D eigenvalue weighted by Crippen LogP contribution is -2.56. The smallest absolute Gasteiger partial charge is 0.407 e. The molecule has 13 nitrogen and oxygen atoms in total. The minimum absolute atomic E-state index is 0.0233. The summed E-state index contributed by atoms with van der Waals surface area (Å²) in [6.07, 6.45) is -3.73. The molecule has 0 bridgehead atoms. The van der Waals surface area contributed by atoms with Crippen LogP contribution in [0.15, 0.2) is 36.4 Å². The highest BCUT2D eigenvalue weighted by molar-refractivity contribution is 6.05. The molecule has 2 aromatic carbocycles. The van der Waals surface area contributed by atoms with E-state index in [0.29, 0.717) is 45.0 Å². The van der Waals surface area contributed by atoms with Crippen molar-refractivity contribution in [3.8, 4) is 0 Å². The zero-order valence-corrected chi connectivity index (χ0v) is 23.4. The van der Waals surface area contributed by atoms with Crippen molar-refractivity contribution in [2.24, 2.45) is 0 Å². The average molecular weight is 599 g/mol. The largest absolute Gasteiger partial charge is 0.465 e. The molecule has 0 spiro atoms. The minimum atomic E-state index is -1.65. The fraction of sp³-hybridized carbons (Fsp3) is 0.414. The monoisotopic (exact) mass is 598 g/mol. The number of carbonyl (C=O) groups excluding carboxylic acids is 4. The van der Waals surface area contributed by atoms with Crippen LogP contribution in [0, 0.1) is 5.82 Å². The van der Waals surface area contributed by atoms with E-state index in [0.717, 1.165) is 24.1 Å². The van der Waals surface area contributed by atoms with E-state index in [1.165, 1.54) is 26.8 Å². The van der Waals surface area contributed by atoms with Crippen molar-refractivity contribution in [1.82, 2.24) is 9.80 Å². The van der Waals surface area contributed by atoms with Crippen LogP contribution < -0.4 is 10.2 Å². The van der Waals surface area contributed by atoms with Crippen molar-refractivity contribution < 1.29 is 47.7 Å². The summed E-state index contributed by atoms with van der Waals surface area (Å²) >= 11 is 0. The Morgan fingerprint density at radius 1 is 1.00 bits per heavy atom. The molecule has 3 heterocycles. The summed E-state index contributed by atoms with van der Waals surface area (Å²) in [5, 5.41) is 11.9. The van der Waals surface area contributed by atoms with Gasteiger partial charge in [0.25, 0.3) is 17.7 Å². The highest BCUT2D eigenvalue weighted by atomic mass is 19.1. The number of benzene rings is 2. The van der Waals surface area contributed by atoms with Crippen LogP contribution in [-0.4, -0.2) is 103 Å². The second-order valence-electron chi connectivity index (χ2n) is 10.3. The molecule has 4 amide bonds. The minimum Gasteiger partial charge on any atom is -0.465 e. The Balaban J connectivity index is 1.34. The Kier molecular flexibility index (Phi) is 8.87. The number of anilines is 2. The van der Waals surface area contributed by atoms with E-state index in [-0.39, 0.29) is 30.9 Å². The lowest BCUT2D eigenvalue weighted by molar-refractivity contribution is -0.167. The van der Waals surface area contributed by atoms with Crippen LogP contribution in [0.4, 0.5) is 20.6 Å². The van der Waals surface area contributed by atoms with Crippen molar-refractivity contribution >= 4 is 41.2 Å². The van der Waals surface area contributed by atoms with Crippen molar-refractivity contribution in [2.45, 2.75) is 32.1 Å². The Hall–Kier alpha value is -4.56. The number of morpholine rings is 2. The number of carboxylic acid groups (broad SMARTS) is 1. The number of carbonyl (C=O) groups is 5. The Labute approximate surface area is 246 Å². The van der Waals surface area contributed by atoms with E-state index >= 15 is 0 Å². The quantitative estimate of drug-likeness (QED) is 0.472. The number of halogens is 1. The van der Waals surface area contributed by atoms with Gasteiger partial charge in [-0.25, -0.2) is 9.18 Å². The van der Waals surface area contributed by atoms with Crippen LogP contribution in [0.25, 0.3) is 0 Å². The SMILES string of the molecule is CC(=O)O[C@@H](C(=O)Nc1ccc2c(c1)CCN(C(=O)O)C2)[C@H]1OCCN(c2ccc(F)c(C(=O)N3CCOCC3)c2)C1=O. The van der Waals surface area contributed by atoms with Crippen LogP contribution in [0.2, 0.25) is 0 Å². The van der Waals surface area contributed by atoms with Crippen LogP contribution in [0.1, 0.15) is 28.4 Å². The first-order valence-electron chi connectivity index (χ1n) is 13.8. The van der Waals surface area contributed by atoms with E-state index in [1.54, 1.807) is 18.2 Å². The van der Waals surface area contributed by atoms with Gasteiger partial charge >= 0.3 is 12.1 Å². The number of rotatable bonds is 6. The van der Waals surface area contributed by atoms with Gasteiger partial charge in [0, 0.05) is 51.0 Å². The zero-order chi connectivity index (χ0) is 30.7. The molecule has 2 saturated heterocycles. The second-order valence-corrected chi connectivity index (χ2v) is 10.3. The molecule has 228 valence electrons. The van der Waals surface area contributed by atoms with Crippen molar-refractivity contribution in [3.05, 3.63) is 58.9 Å². The van der Waals surface area contributed by atoms with E-state index in [2.05, 4.69) is 5.32 Å². The maximum Gasteiger partial charge on any atom is 0.407 e. The second kappa shape index (κ2) is 12.8. The van der Waals surface area contributed by atoms with E-state index in [4.69, 9.17) is 14.2 Å². The molecule has 14 heteroatoms. The van der Waals surface area contributed by atoms with Gasteiger partial charge in [-0.15, -0.1) is 0 Å². The van der Waals surface area contributed by atoms with Crippen LogP contribution in [-0.2, 0) is 41.6 Å². The van der Waals surface area contributed by atoms with E-state index < -0.39 is 47.8 Å². The standard InChI is InChI=1S/C29H31FN4O9/c1-17(35)43-24(26(36)31-20-3-2-19-16-33(29(39)40)7-6-18(19)14-20)25-28(38)34(10-13-42-25)21-4-5-23(30)22(15-21)27(37)32-8-11-41-12-9-32/h2-5,14-15,24-25H,6-13,16H2,1H3,(H,31,36)(H,39,40)/t24-,25-/m1/s1. The summed E-state index contributed by atoms with van der Waals surface area (Å²) in [7, 11) is 0. The summed E-state index contributed by atoms with van der Waals surface area (Å²) in [5.74, 6) is -3.59. The number of ether oxygens (including phenoxy) is 3. The first-order chi connectivity index (χ1) is 20.6. The van der Waals surface area contributed by atoms with Gasteiger partial charge in [-0.2, -0.15) is 0 Å². The summed E-state index contributed by atoms with van der Waals surface area (Å²) < 4.78 is 30.9. The number of nitrogens with zero attached hydrogens (tertiary/aromatic N) is 3. The lowest BCUT2D eigenvalue weighted by atomic mass is 9.99. The van der Waals surface area contributed by atoms with Crippen LogP contribution >= 0.6 is 0 Å². The molecule has 5 rings (SSSR count). The number of nitrogens with one attached hydrogen (secondary N) is 1. The molecule has 0 unspecified atom stereocenters. The predicted molar refractivity (Wildman–Crippen MR) is 148 cm³/mol. The Bertz CT molecular complexity index is 1450. The van der Waals surface area contributed by atoms with E-state index in [1.807, 2.05) is 0 Å². The van der Waals surface area contributed by atoms with Gasteiger partial charge in [-0.05, 0) is 47.9 Å². The highest BCUT2D eigenvalue weighted by Crippen LogP contribution is 2.27. The molecular weight excluding hydrogens is 567 g/mol. The van der Waals surface area contributed by atoms with Gasteiger partial charge in [-0.3, -0.25) is 19.2 Å². The third-order valence-electron chi connectivity index (χ3n) is 7.49. The molecule has 43 heavy (non-hydrogen) atoms. The van der Waals surface area contributed by atoms with E-state index in [9.17, 15) is 33.5 Å². The molecule has 0 aliphatic carbocycles. The zero-order valence-electron chi connectivity index (χ0n) is 23.4. The number of amides is 4. The lowest BCUT2D eigenvalue weighted by Gasteiger charge is -2.35. The molecule has 2 fully saturated rings. The van der Waals surface area contributed by atoms with Gasteiger partial charge in [0.05, 0.1) is 25.4 Å². The van der Waals surface area contributed by atoms with Crippen molar-refractivity contribution in [1.29, 1.82) is 0 Å². The molecule has 2 aromatic rings. The fourth-order valence-corrected chi connectivity index (χ4v) is 5.30.